The van der Waals surface area contributed by atoms with Gasteiger partial charge in [0.1, 0.15) is 22.8 Å². The van der Waals surface area contributed by atoms with E-state index in [4.69, 9.17) is 0 Å². The molecule has 0 radical (unpaired) electrons. The average molecular weight is 388 g/mol. The Morgan fingerprint density at radius 3 is 1.59 bits per heavy atom. The molecule has 0 aromatic rings. The Morgan fingerprint density at radius 2 is 1.14 bits per heavy atom. The van der Waals surface area contributed by atoms with Crippen molar-refractivity contribution in [3.05, 3.63) is 72.2 Å². The number of carbonyl (C=O) groups is 4. The van der Waals surface area contributed by atoms with Crippen LogP contribution in [0, 0.1) is 0 Å². The van der Waals surface area contributed by atoms with Gasteiger partial charge in [-0.25, -0.2) is 0 Å². The normalized spacial score (nSPS) is 23.0. The molecule has 0 atom stereocenters. The molecular formula is C21H16N4O4. The minimum Gasteiger partial charge on any atom is -0.268 e. The maximum Gasteiger partial charge on any atom is 0.284 e. The highest BCUT2D eigenvalue weighted by Gasteiger charge is 2.32. The second-order valence-electron chi connectivity index (χ2n) is 6.47. The molecule has 8 nitrogen and oxygen atoms in total. The number of rotatable bonds is 4. The molecule has 0 saturated carbocycles. The van der Waals surface area contributed by atoms with E-state index in [1.807, 2.05) is 0 Å². The molecule has 0 spiro atoms. The summed E-state index contributed by atoms with van der Waals surface area (Å²) >= 11 is 0. The highest BCUT2D eigenvalue weighted by molar-refractivity contribution is 6.31. The summed E-state index contributed by atoms with van der Waals surface area (Å²) < 4.78 is 0. The molecule has 0 saturated heterocycles. The zero-order valence-electron chi connectivity index (χ0n) is 15.3. The van der Waals surface area contributed by atoms with E-state index in [0.29, 0.717) is 30.9 Å². The van der Waals surface area contributed by atoms with E-state index >= 15 is 0 Å². The van der Waals surface area contributed by atoms with Crippen molar-refractivity contribution in [1.29, 1.82) is 0 Å². The van der Waals surface area contributed by atoms with Crippen LogP contribution in [0.5, 0.6) is 0 Å². The molecule has 0 aromatic heterocycles. The largest absolute Gasteiger partial charge is 0.284 e. The molecule has 4 aliphatic heterocycles. The zero-order chi connectivity index (χ0) is 20.4. The van der Waals surface area contributed by atoms with Crippen LogP contribution in [0.25, 0.3) is 0 Å². The third-order valence-corrected chi connectivity index (χ3v) is 4.57. The molecule has 8 heteroatoms. The van der Waals surface area contributed by atoms with Crippen molar-refractivity contribution < 1.29 is 19.2 Å². The van der Waals surface area contributed by atoms with Crippen molar-refractivity contribution >= 4 is 35.3 Å². The molecule has 4 heterocycles. The topological polar surface area (TPSA) is 99.5 Å². The number of unbranched alkanes of at least 4 members (excludes halogenated alkanes) is 2. The highest BCUT2D eigenvalue weighted by Crippen LogP contribution is 2.19. The van der Waals surface area contributed by atoms with Gasteiger partial charge in [0.05, 0.1) is 0 Å². The van der Waals surface area contributed by atoms with E-state index in [1.54, 1.807) is 61.0 Å². The molecule has 0 N–H and O–H groups in total. The summed E-state index contributed by atoms with van der Waals surface area (Å²) in [5.74, 6) is -1.35. The minimum absolute atomic E-state index is 0.0191. The molecule has 0 unspecified atom stereocenters. The molecule has 0 fully saturated rings. The van der Waals surface area contributed by atoms with Gasteiger partial charge in [-0.15, -0.1) is 0 Å². The van der Waals surface area contributed by atoms with Crippen molar-refractivity contribution in [2.45, 2.75) is 19.3 Å². The summed E-state index contributed by atoms with van der Waals surface area (Å²) in [5.41, 5.74) is 0.0383. The van der Waals surface area contributed by atoms with Gasteiger partial charge in [0.25, 0.3) is 23.6 Å². The third kappa shape index (κ3) is 3.47. The number of amides is 4. The average Bonchev–Trinajstić information content (AvgIpc) is 2.72. The van der Waals surface area contributed by atoms with Crippen LogP contribution in [0.2, 0.25) is 0 Å². The number of hydrogen-bond donors (Lipinski definition) is 0. The summed E-state index contributed by atoms with van der Waals surface area (Å²) in [6, 6.07) is 0. The summed E-state index contributed by atoms with van der Waals surface area (Å²) in [6.07, 6.45) is 17.6. The highest BCUT2D eigenvalue weighted by atomic mass is 16.2. The molecule has 144 valence electrons. The molecule has 0 bridgehead atoms. The van der Waals surface area contributed by atoms with Crippen LogP contribution in [0.4, 0.5) is 0 Å². The number of aliphatic imine (C=N–C) groups is 2. The number of fused-ring (bicyclic) bond motifs is 2. The van der Waals surface area contributed by atoms with Gasteiger partial charge in [-0.05, 0) is 43.6 Å². The number of hydrogen-bond acceptors (Lipinski definition) is 4. The van der Waals surface area contributed by atoms with Gasteiger partial charge < -0.3 is 0 Å². The van der Waals surface area contributed by atoms with Gasteiger partial charge in [0, 0.05) is 12.4 Å². The first-order valence-electron chi connectivity index (χ1n) is 9.09. The van der Waals surface area contributed by atoms with Gasteiger partial charge in [-0.3, -0.25) is 29.0 Å². The van der Waals surface area contributed by atoms with E-state index in [1.165, 1.54) is 9.80 Å². The second-order valence-corrected chi connectivity index (χ2v) is 6.47. The Balaban J connectivity index is 1.40. The van der Waals surface area contributed by atoms with E-state index in [2.05, 4.69) is 9.98 Å². The summed E-state index contributed by atoms with van der Waals surface area (Å²) in [7, 11) is 0. The lowest BCUT2D eigenvalue weighted by Gasteiger charge is -2.24. The summed E-state index contributed by atoms with van der Waals surface area (Å²) in [6.45, 7) is 0. The first-order chi connectivity index (χ1) is 14.1. The molecule has 0 aliphatic carbocycles. The van der Waals surface area contributed by atoms with Crippen LogP contribution < -0.4 is 0 Å². The van der Waals surface area contributed by atoms with Crippen LogP contribution in [-0.2, 0) is 19.2 Å². The van der Waals surface area contributed by atoms with Crippen molar-refractivity contribution in [3.63, 3.8) is 0 Å². The molecule has 4 rings (SSSR count). The van der Waals surface area contributed by atoms with Gasteiger partial charge in [0.15, 0.2) is 0 Å². The molecular weight excluding hydrogens is 372 g/mol. The van der Waals surface area contributed by atoms with Crippen molar-refractivity contribution in [3.8, 4) is 0 Å². The summed E-state index contributed by atoms with van der Waals surface area (Å²) in [5, 5.41) is 0. The van der Waals surface area contributed by atoms with Crippen molar-refractivity contribution in [1.82, 2.24) is 9.80 Å². The maximum absolute atomic E-state index is 12.4. The monoisotopic (exact) mass is 388 g/mol. The maximum atomic E-state index is 12.4. The Labute approximate surface area is 166 Å². The Kier molecular flexibility index (Phi) is 4.82. The summed E-state index contributed by atoms with van der Waals surface area (Å²) in [4.78, 5) is 59.5. The van der Waals surface area contributed by atoms with Crippen LogP contribution in [0.1, 0.15) is 19.3 Å². The lowest BCUT2D eigenvalue weighted by atomic mass is 10.1. The van der Waals surface area contributed by atoms with E-state index in [9.17, 15) is 19.2 Å². The smallest absolute Gasteiger partial charge is 0.268 e. The molecule has 0 aromatic carbocycles. The Morgan fingerprint density at radius 1 is 0.690 bits per heavy atom. The molecule has 29 heavy (non-hydrogen) atoms. The minimum atomic E-state index is -0.566. The number of nitrogens with zero attached hydrogens (tertiary/aromatic N) is 4. The third-order valence-electron chi connectivity index (χ3n) is 4.57. The molecule has 4 amide bonds. The first kappa shape index (κ1) is 18.4. The number of allylic oxidation sites excluding steroid dienone is 6. The Hall–Kier alpha value is -3.94. The van der Waals surface area contributed by atoms with E-state index < -0.39 is 23.6 Å². The fourth-order valence-corrected chi connectivity index (χ4v) is 3.12. The lowest BCUT2D eigenvalue weighted by molar-refractivity contribution is -0.127. The van der Waals surface area contributed by atoms with Crippen molar-refractivity contribution in [2.75, 3.05) is 0 Å². The standard InChI is InChI=1S/C21H16N4O4/c26-18-14(20(28)24-12-6-4-10-16(24)22-18)8-2-1-3-9-15-19(27)23-17-11-5-7-13-25(17)21(15)29/h4-13H,1-3H2/b14-8+,15-9+. The van der Waals surface area contributed by atoms with Gasteiger partial charge >= 0.3 is 0 Å². The number of amidine groups is 2. The fourth-order valence-electron chi connectivity index (χ4n) is 3.12. The zero-order valence-corrected chi connectivity index (χ0v) is 15.3. The fraction of sp³-hybridized carbons (Fsp3) is 0.143. The van der Waals surface area contributed by atoms with Gasteiger partial charge in [0.2, 0.25) is 0 Å². The molecule has 4 aliphatic rings. The lowest BCUT2D eigenvalue weighted by Crippen LogP contribution is -2.39. The van der Waals surface area contributed by atoms with Crippen LogP contribution in [0.3, 0.4) is 0 Å². The van der Waals surface area contributed by atoms with Crippen LogP contribution in [0.15, 0.2) is 82.1 Å². The van der Waals surface area contributed by atoms with Gasteiger partial charge in [-0.1, -0.05) is 24.3 Å². The van der Waals surface area contributed by atoms with Crippen LogP contribution >= 0.6 is 0 Å². The van der Waals surface area contributed by atoms with E-state index in [0.717, 1.165) is 0 Å². The van der Waals surface area contributed by atoms with Gasteiger partial charge in [-0.2, -0.15) is 9.98 Å². The predicted molar refractivity (Wildman–Crippen MR) is 105 cm³/mol. The SMILES string of the molecule is O=C1N=C2C=CC=CN2C(=O)/C1=C/CCC/C=C1\C(=O)N=C2C=CC=CN2C1=O. The second kappa shape index (κ2) is 7.59. The van der Waals surface area contributed by atoms with E-state index in [-0.39, 0.29) is 11.1 Å². The van der Waals surface area contributed by atoms with Crippen LogP contribution in [-0.4, -0.2) is 45.1 Å². The number of carbonyl (C=O) groups excluding carboxylic acids is 4. The Bertz CT molecular complexity index is 982. The van der Waals surface area contributed by atoms with Crippen molar-refractivity contribution in [2.24, 2.45) is 9.98 Å². The predicted octanol–water partition coefficient (Wildman–Crippen LogP) is 1.71. The quantitative estimate of drug-likeness (QED) is 0.416. The first-order valence-corrected chi connectivity index (χ1v) is 9.09.